The number of rotatable bonds is 5. The number of methoxy groups -OCH3 is 1. The molecule has 0 aromatic heterocycles. The Bertz CT molecular complexity index is 615. The van der Waals surface area contributed by atoms with E-state index in [2.05, 4.69) is 11.4 Å². The molecular weight excluding hydrogens is 264 g/mol. The topological polar surface area (TPSA) is 64.3 Å². The van der Waals surface area contributed by atoms with E-state index in [4.69, 9.17) is 10.5 Å². The van der Waals surface area contributed by atoms with E-state index in [0.717, 1.165) is 28.1 Å². The number of nitrogens with one attached hydrogen (secondary N) is 1. The molecule has 110 valence electrons. The molecule has 0 heterocycles. The highest BCUT2D eigenvalue weighted by Gasteiger charge is 2.18. The largest absolute Gasteiger partial charge is 0.497 e. The van der Waals surface area contributed by atoms with Crippen LogP contribution >= 0.6 is 0 Å². The maximum atomic E-state index is 11.8. The van der Waals surface area contributed by atoms with Crippen LogP contribution in [-0.4, -0.2) is 13.0 Å². The highest BCUT2D eigenvalue weighted by Crippen LogP contribution is 2.23. The SMILES string of the molecule is COc1ccc(NC(C(N)=O)c2cc(C)cc(C)c2)cc1. The molecule has 0 fully saturated rings. The second-order valence-electron chi connectivity index (χ2n) is 5.13. The number of carbonyl (C=O) groups is 1. The van der Waals surface area contributed by atoms with Crippen LogP contribution in [0.3, 0.4) is 0 Å². The summed E-state index contributed by atoms with van der Waals surface area (Å²) in [5.41, 5.74) is 9.44. The lowest BCUT2D eigenvalue weighted by molar-refractivity contribution is -0.118. The van der Waals surface area contributed by atoms with Gasteiger partial charge < -0.3 is 15.8 Å². The van der Waals surface area contributed by atoms with Crippen LogP contribution in [0.4, 0.5) is 5.69 Å². The van der Waals surface area contributed by atoms with Crippen molar-refractivity contribution in [2.45, 2.75) is 19.9 Å². The van der Waals surface area contributed by atoms with Crippen molar-refractivity contribution in [3.63, 3.8) is 0 Å². The lowest BCUT2D eigenvalue weighted by atomic mass is 10.0. The van der Waals surface area contributed by atoms with Gasteiger partial charge in [0.2, 0.25) is 5.91 Å². The highest BCUT2D eigenvalue weighted by molar-refractivity contribution is 5.84. The molecule has 1 atom stereocenters. The number of hydrogen-bond donors (Lipinski definition) is 2. The summed E-state index contributed by atoms with van der Waals surface area (Å²) in [6.45, 7) is 4.00. The number of primary amides is 1. The van der Waals surface area contributed by atoms with Gasteiger partial charge in [-0.3, -0.25) is 4.79 Å². The summed E-state index contributed by atoms with van der Waals surface area (Å²) >= 11 is 0. The zero-order chi connectivity index (χ0) is 15.4. The zero-order valence-corrected chi connectivity index (χ0v) is 12.5. The van der Waals surface area contributed by atoms with Crippen molar-refractivity contribution in [3.8, 4) is 5.75 Å². The average molecular weight is 284 g/mol. The van der Waals surface area contributed by atoms with Crippen molar-refractivity contribution >= 4 is 11.6 Å². The quantitative estimate of drug-likeness (QED) is 0.887. The minimum atomic E-state index is -0.558. The lowest BCUT2D eigenvalue weighted by Crippen LogP contribution is -2.27. The third-order valence-electron chi connectivity index (χ3n) is 3.26. The summed E-state index contributed by atoms with van der Waals surface area (Å²) in [5.74, 6) is 0.360. The van der Waals surface area contributed by atoms with Crippen LogP contribution in [0, 0.1) is 13.8 Å². The maximum Gasteiger partial charge on any atom is 0.244 e. The number of amides is 1. The van der Waals surface area contributed by atoms with Gasteiger partial charge in [0.05, 0.1) is 7.11 Å². The molecule has 4 nitrogen and oxygen atoms in total. The second kappa shape index (κ2) is 6.31. The van der Waals surface area contributed by atoms with Crippen molar-refractivity contribution in [1.82, 2.24) is 0 Å². The Morgan fingerprint density at radius 1 is 1.10 bits per heavy atom. The molecule has 4 heteroatoms. The molecule has 0 bridgehead atoms. The molecule has 1 unspecified atom stereocenters. The third kappa shape index (κ3) is 3.75. The Labute approximate surface area is 124 Å². The molecule has 0 saturated heterocycles. The van der Waals surface area contributed by atoms with Crippen molar-refractivity contribution < 1.29 is 9.53 Å². The number of anilines is 1. The number of benzene rings is 2. The molecule has 3 N–H and O–H groups in total. The van der Waals surface area contributed by atoms with Gasteiger partial charge in [0.25, 0.3) is 0 Å². The Morgan fingerprint density at radius 3 is 2.14 bits per heavy atom. The fourth-order valence-corrected chi connectivity index (χ4v) is 2.35. The first-order valence-corrected chi connectivity index (χ1v) is 6.77. The van der Waals surface area contributed by atoms with E-state index in [1.54, 1.807) is 7.11 Å². The molecule has 0 aliphatic heterocycles. The van der Waals surface area contributed by atoms with E-state index in [1.165, 1.54) is 0 Å². The van der Waals surface area contributed by atoms with Crippen LogP contribution in [0.1, 0.15) is 22.7 Å². The average Bonchev–Trinajstić information content (AvgIpc) is 2.44. The van der Waals surface area contributed by atoms with Crippen LogP contribution < -0.4 is 15.8 Å². The van der Waals surface area contributed by atoms with Gasteiger partial charge in [0.15, 0.2) is 0 Å². The van der Waals surface area contributed by atoms with Crippen molar-refractivity contribution in [2.75, 3.05) is 12.4 Å². The van der Waals surface area contributed by atoms with Gasteiger partial charge in [-0.1, -0.05) is 29.3 Å². The van der Waals surface area contributed by atoms with E-state index in [-0.39, 0.29) is 0 Å². The van der Waals surface area contributed by atoms with E-state index in [0.29, 0.717) is 0 Å². The number of aryl methyl sites for hydroxylation is 2. The summed E-state index contributed by atoms with van der Waals surface area (Å²) in [4.78, 5) is 11.8. The highest BCUT2D eigenvalue weighted by atomic mass is 16.5. The monoisotopic (exact) mass is 284 g/mol. The maximum absolute atomic E-state index is 11.8. The summed E-state index contributed by atoms with van der Waals surface area (Å²) < 4.78 is 5.12. The van der Waals surface area contributed by atoms with Gasteiger partial charge in [-0.25, -0.2) is 0 Å². The number of hydrogen-bond acceptors (Lipinski definition) is 3. The summed E-state index contributed by atoms with van der Waals surface area (Å²) in [6.07, 6.45) is 0. The molecule has 2 rings (SSSR count). The second-order valence-corrected chi connectivity index (χ2v) is 5.13. The summed E-state index contributed by atoms with van der Waals surface area (Å²) in [6, 6.07) is 12.8. The fraction of sp³-hybridized carbons (Fsp3) is 0.235. The van der Waals surface area contributed by atoms with Gasteiger partial charge in [0, 0.05) is 5.69 Å². The van der Waals surface area contributed by atoms with E-state index in [1.807, 2.05) is 50.2 Å². The predicted molar refractivity (Wildman–Crippen MR) is 84.5 cm³/mol. The van der Waals surface area contributed by atoms with Gasteiger partial charge in [0.1, 0.15) is 11.8 Å². The first-order chi connectivity index (χ1) is 9.99. The molecule has 0 radical (unpaired) electrons. The summed E-state index contributed by atoms with van der Waals surface area (Å²) in [5, 5.41) is 3.17. The molecule has 2 aromatic rings. The van der Waals surface area contributed by atoms with Crippen molar-refractivity contribution in [3.05, 3.63) is 59.2 Å². The van der Waals surface area contributed by atoms with E-state index < -0.39 is 11.9 Å². The van der Waals surface area contributed by atoms with E-state index >= 15 is 0 Å². The molecule has 0 saturated carbocycles. The predicted octanol–water partition coefficient (Wildman–Crippen LogP) is 2.95. The minimum absolute atomic E-state index is 0.407. The van der Waals surface area contributed by atoms with Crippen molar-refractivity contribution in [2.24, 2.45) is 5.73 Å². The van der Waals surface area contributed by atoms with Crippen LogP contribution in [-0.2, 0) is 4.79 Å². The zero-order valence-electron chi connectivity index (χ0n) is 12.5. The Balaban J connectivity index is 2.28. The molecule has 2 aromatic carbocycles. The molecule has 0 spiro atoms. The van der Waals surface area contributed by atoms with Gasteiger partial charge in [-0.05, 0) is 43.7 Å². The van der Waals surface area contributed by atoms with Crippen LogP contribution in [0.2, 0.25) is 0 Å². The fourth-order valence-electron chi connectivity index (χ4n) is 2.35. The minimum Gasteiger partial charge on any atom is -0.497 e. The first-order valence-electron chi connectivity index (χ1n) is 6.77. The van der Waals surface area contributed by atoms with Gasteiger partial charge in [-0.15, -0.1) is 0 Å². The molecule has 0 aliphatic rings. The molecule has 0 aliphatic carbocycles. The van der Waals surface area contributed by atoms with Crippen molar-refractivity contribution in [1.29, 1.82) is 0 Å². The lowest BCUT2D eigenvalue weighted by Gasteiger charge is -2.18. The van der Waals surface area contributed by atoms with Crippen LogP contribution in [0.15, 0.2) is 42.5 Å². The Morgan fingerprint density at radius 2 is 1.67 bits per heavy atom. The Hall–Kier alpha value is -2.49. The van der Waals surface area contributed by atoms with Crippen LogP contribution in [0.5, 0.6) is 5.75 Å². The standard InChI is InChI=1S/C17H20N2O2/c1-11-8-12(2)10-13(9-11)16(17(18)20)19-14-4-6-15(21-3)7-5-14/h4-10,16,19H,1-3H3,(H2,18,20). The third-order valence-corrected chi connectivity index (χ3v) is 3.26. The smallest absolute Gasteiger partial charge is 0.244 e. The molecular formula is C17H20N2O2. The van der Waals surface area contributed by atoms with E-state index in [9.17, 15) is 4.79 Å². The first kappa shape index (κ1) is 14.9. The van der Waals surface area contributed by atoms with Crippen LogP contribution in [0.25, 0.3) is 0 Å². The van der Waals surface area contributed by atoms with Gasteiger partial charge in [-0.2, -0.15) is 0 Å². The van der Waals surface area contributed by atoms with Gasteiger partial charge >= 0.3 is 0 Å². The number of nitrogens with two attached hydrogens (primary N) is 1. The molecule has 1 amide bonds. The normalized spacial score (nSPS) is 11.8. The summed E-state index contributed by atoms with van der Waals surface area (Å²) in [7, 11) is 1.62. The number of ether oxygens (including phenoxy) is 1. The molecule has 21 heavy (non-hydrogen) atoms. The Kier molecular flexibility index (Phi) is 4.48. The number of carbonyl (C=O) groups excluding carboxylic acids is 1.